The van der Waals surface area contributed by atoms with E-state index in [9.17, 15) is 15.2 Å². The van der Waals surface area contributed by atoms with Crippen LogP contribution in [-0.4, -0.2) is 35.3 Å². The number of nitro groups is 1. The predicted octanol–water partition coefficient (Wildman–Crippen LogP) is 2.00. The molecule has 0 atom stereocenters. The Morgan fingerprint density at radius 2 is 2.09 bits per heavy atom. The molecule has 2 aromatic rings. The Morgan fingerprint density at radius 3 is 2.68 bits per heavy atom. The molecule has 7 nitrogen and oxygen atoms in total. The summed E-state index contributed by atoms with van der Waals surface area (Å²) >= 11 is 0. The lowest BCUT2D eigenvalue weighted by molar-refractivity contribution is -0.385. The molecule has 22 heavy (non-hydrogen) atoms. The number of para-hydroxylation sites is 1. The zero-order valence-electron chi connectivity index (χ0n) is 12.2. The summed E-state index contributed by atoms with van der Waals surface area (Å²) in [5.41, 5.74) is 0.878. The fraction of sp³-hybridized carbons (Fsp3) is 0.267. The summed E-state index contributed by atoms with van der Waals surface area (Å²) in [6, 6.07) is 10.5. The number of benzene rings is 1. The molecule has 0 aliphatic carbocycles. The summed E-state index contributed by atoms with van der Waals surface area (Å²) in [5, 5.41) is 19.9. The van der Waals surface area contributed by atoms with Gasteiger partial charge in [-0.05, 0) is 12.1 Å². The summed E-state index contributed by atoms with van der Waals surface area (Å²) < 4.78 is 5.31. The second-order valence-electron chi connectivity index (χ2n) is 4.59. The SMILES string of the molecule is COc1ccccc1CN(CCO)c1ccc([N+](=O)[O-])cn1. The Hall–Kier alpha value is -2.67. The van der Waals surface area contributed by atoms with Gasteiger partial charge in [-0.1, -0.05) is 18.2 Å². The lowest BCUT2D eigenvalue weighted by Gasteiger charge is -2.23. The van der Waals surface area contributed by atoms with Crippen LogP contribution in [-0.2, 0) is 6.54 Å². The molecule has 0 aliphatic heterocycles. The van der Waals surface area contributed by atoms with E-state index >= 15 is 0 Å². The fourth-order valence-electron chi connectivity index (χ4n) is 2.11. The maximum atomic E-state index is 10.7. The van der Waals surface area contributed by atoms with Crippen LogP contribution in [0.4, 0.5) is 11.5 Å². The number of aliphatic hydroxyl groups excluding tert-OH is 1. The molecule has 0 saturated heterocycles. The van der Waals surface area contributed by atoms with Crippen molar-refractivity contribution in [3.63, 3.8) is 0 Å². The number of aromatic nitrogens is 1. The zero-order chi connectivity index (χ0) is 15.9. The van der Waals surface area contributed by atoms with Crippen molar-refractivity contribution in [1.82, 2.24) is 4.98 Å². The van der Waals surface area contributed by atoms with Crippen molar-refractivity contribution in [2.75, 3.05) is 25.2 Å². The Bertz CT molecular complexity index is 631. The molecule has 1 aromatic heterocycles. The Balaban J connectivity index is 2.24. The van der Waals surface area contributed by atoms with Gasteiger partial charge < -0.3 is 14.7 Å². The average Bonchev–Trinajstić information content (AvgIpc) is 2.55. The van der Waals surface area contributed by atoms with E-state index in [-0.39, 0.29) is 12.3 Å². The van der Waals surface area contributed by atoms with Gasteiger partial charge in [-0.2, -0.15) is 0 Å². The third-order valence-corrected chi connectivity index (χ3v) is 3.19. The molecule has 0 aliphatic rings. The summed E-state index contributed by atoms with van der Waals surface area (Å²) in [7, 11) is 1.60. The normalized spacial score (nSPS) is 10.3. The van der Waals surface area contributed by atoms with Crippen molar-refractivity contribution < 1.29 is 14.8 Å². The number of hydrogen-bond acceptors (Lipinski definition) is 6. The molecule has 1 aromatic carbocycles. The van der Waals surface area contributed by atoms with Crippen molar-refractivity contribution in [2.45, 2.75) is 6.54 Å². The second kappa shape index (κ2) is 7.37. The van der Waals surface area contributed by atoms with Gasteiger partial charge in [0.25, 0.3) is 5.69 Å². The number of ether oxygens (including phenoxy) is 1. The third kappa shape index (κ3) is 3.70. The number of nitrogens with zero attached hydrogens (tertiary/aromatic N) is 3. The van der Waals surface area contributed by atoms with Crippen molar-refractivity contribution >= 4 is 11.5 Å². The van der Waals surface area contributed by atoms with E-state index in [0.717, 1.165) is 11.3 Å². The van der Waals surface area contributed by atoms with Crippen LogP contribution in [0.1, 0.15) is 5.56 Å². The van der Waals surface area contributed by atoms with E-state index < -0.39 is 4.92 Å². The molecule has 2 rings (SSSR count). The van der Waals surface area contributed by atoms with Crippen LogP contribution in [0.5, 0.6) is 5.75 Å². The van der Waals surface area contributed by atoms with Crippen LogP contribution in [0, 0.1) is 10.1 Å². The number of rotatable bonds is 7. The Kier molecular flexibility index (Phi) is 5.26. The maximum Gasteiger partial charge on any atom is 0.287 e. The standard InChI is InChI=1S/C15H17N3O4/c1-22-14-5-3-2-4-12(14)11-17(8-9-19)15-7-6-13(10-16-15)18(20)21/h2-7,10,19H,8-9,11H2,1H3. The van der Waals surface area contributed by atoms with E-state index in [0.29, 0.717) is 18.9 Å². The molecule has 0 fully saturated rings. The molecule has 1 heterocycles. The summed E-state index contributed by atoms with van der Waals surface area (Å²) in [4.78, 5) is 16.1. The van der Waals surface area contributed by atoms with E-state index in [1.54, 1.807) is 13.2 Å². The van der Waals surface area contributed by atoms with Crippen molar-refractivity contribution in [1.29, 1.82) is 0 Å². The second-order valence-corrected chi connectivity index (χ2v) is 4.59. The predicted molar refractivity (Wildman–Crippen MR) is 82.0 cm³/mol. The van der Waals surface area contributed by atoms with Gasteiger partial charge >= 0.3 is 0 Å². The first-order valence-electron chi connectivity index (χ1n) is 6.74. The quantitative estimate of drug-likeness (QED) is 0.621. The number of aliphatic hydroxyl groups is 1. The van der Waals surface area contributed by atoms with Crippen LogP contribution in [0.2, 0.25) is 0 Å². The van der Waals surface area contributed by atoms with Gasteiger partial charge in [0.1, 0.15) is 17.8 Å². The van der Waals surface area contributed by atoms with Crippen LogP contribution in [0.25, 0.3) is 0 Å². The largest absolute Gasteiger partial charge is 0.496 e. The van der Waals surface area contributed by atoms with Crippen molar-refractivity contribution in [2.24, 2.45) is 0 Å². The molecular weight excluding hydrogens is 286 g/mol. The topological polar surface area (TPSA) is 88.7 Å². The highest BCUT2D eigenvalue weighted by Crippen LogP contribution is 2.22. The van der Waals surface area contributed by atoms with Gasteiger partial charge in [-0.15, -0.1) is 0 Å². The summed E-state index contributed by atoms with van der Waals surface area (Å²) in [6.07, 6.45) is 1.21. The number of methoxy groups -OCH3 is 1. The van der Waals surface area contributed by atoms with Gasteiger partial charge in [0.2, 0.25) is 0 Å². The highest BCUT2D eigenvalue weighted by Gasteiger charge is 2.13. The van der Waals surface area contributed by atoms with Gasteiger partial charge in [-0.3, -0.25) is 10.1 Å². The molecule has 0 bridgehead atoms. The van der Waals surface area contributed by atoms with E-state index in [2.05, 4.69) is 4.98 Å². The highest BCUT2D eigenvalue weighted by atomic mass is 16.6. The molecule has 0 spiro atoms. The zero-order valence-corrected chi connectivity index (χ0v) is 12.2. The van der Waals surface area contributed by atoms with Crippen molar-refractivity contribution in [3.8, 4) is 5.75 Å². The van der Waals surface area contributed by atoms with Gasteiger partial charge in [0.05, 0.1) is 18.6 Å². The fourth-order valence-corrected chi connectivity index (χ4v) is 2.11. The molecule has 0 amide bonds. The Morgan fingerprint density at radius 1 is 1.32 bits per heavy atom. The number of anilines is 1. The van der Waals surface area contributed by atoms with Gasteiger partial charge in [0, 0.05) is 24.7 Å². The van der Waals surface area contributed by atoms with E-state index in [4.69, 9.17) is 4.74 Å². The monoisotopic (exact) mass is 303 g/mol. The first-order chi connectivity index (χ1) is 10.7. The number of pyridine rings is 1. The van der Waals surface area contributed by atoms with Crippen LogP contribution in [0.3, 0.4) is 0 Å². The smallest absolute Gasteiger partial charge is 0.287 e. The van der Waals surface area contributed by atoms with Gasteiger partial charge in [0.15, 0.2) is 0 Å². The minimum absolute atomic E-state index is 0.0478. The van der Waals surface area contributed by atoms with Gasteiger partial charge in [-0.25, -0.2) is 4.98 Å². The Labute approximate surface area is 127 Å². The molecule has 116 valence electrons. The summed E-state index contributed by atoms with van der Waals surface area (Å²) in [6.45, 7) is 0.798. The lowest BCUT2D eigenvalue weighted by atomic mass is 10.2. The van der Waals surface area contributed by atoms with E-state index in [1.165, 1.54) is 12.3 Å². The molecule has 0 saturated carbocycles. The molecule has 0 unspecified atom stereocenters. The molecule has 7 heteroatoms. The molecule has 0 radical (unpaired) electrons. The average molecular weight is 303 g/mol. The van der Waals surface area contributed by atoms with Crippen LogP contribution < -0.4 is 9.64 Å². The first kappa shape index (κ1) is 15.7. The van der Waals surface area contributed by atoms with Crippen LogP contribution >= 0.6 is 0 Å². The first-order valence-corrected chi connectivity index (χ1v) is 6.74. The lowest BCUT2D eigenvalue weighted by Crippen LogP contribution is -2.27. The number of hydrogen-bond donors (Lipinski definition) is 1. The molecule has 1 N–H and O–H groups in total. The van der Waals surface area contributed by atoms with Crippen molar-refractivity contribution in [3.05, 3.63) is 58.3 Å². The van der Waals surface area contributed by atoms with E-state index in [1.807, 2.05) is 29.2 Å². The minimum atomic E-state index is -0.493. The maximum absolute atomic E-state index is 10.7. The van der Waals surface area contributed by atoms with Crippen LogP contribution in [0.15, 0.2) is 42.6 Å². The highest BCUT2D eigenvalue weighted by molar-refractivity contribution is 5.45. The molecular formula is C15H17N3O4. The minimum Gasteiger partial charge on any atom is -0.496 e. The third-order valence-electron chi connectivity index (χ3n) is 3.19. The summed E-state index contributed by atoms with van der Waals surface area (Å²) in [5.74, 6) is 1.30.